The second-order valence-electron chi connectivity index (χ2n) is 4.64. The van der Waals surface area contributed by atoms with Crippen LogP contribution < -0.4 is 5.32 Å². The first kappa shape index (κ1) is 11.5. The molecule has 0 spiro atoms. The lowest BCUT2D eigenvalue weighted by molar-refractivity contribution is 0.0945. The Labute approximate surface area is 100 Å². The quantitative estimate of drug-likeness (QED) is 0.824. The maximum absolute atomic E-state index is 11.9. The summed E-state index contributed by atoms with van der Waals surface area (Å²) in [6.45, 7) is 4.31. The molecule has 0 saturated heterocycles. The average molecular weight is 242 g/mol. The van der Waals surface area contributed by atoms with Gasteiger partial charge < -0.3 is 9.73 Å². The highest BCUT2D eigenvalue weighted by molar-refractivity contribution is 6.18. The van der Waals surface area contributed by atoms with E-state index >= 15 is 0 Å². The first-order valence-corrected chi connectivity index (χ1v) is 6.01. The highest BCUT2D eigenvalue weighted by Crippen LogP contribution is 2.45. The number of carbonyl (C=O) groups is 1. The van der Waals surface area contributed by atoms with Crippen molar-refractivity contribution in [3.05, 3.63) is 23.2 Å². The van der Waals surface area contributed by atoms with Crippen LogP contribution in [0, 0.1) is 19.3 Å². The van der Waals surface area contributed by atoms with Gasteiger partial charge in [-0.1, -0.05) is 0 Å². The molecule has 1 saturated carbocycles. The zero-order chi connectivity index (χ0) is 11.8. The molecule has 1 fully saturated rings. The number of rotatable bonds is 4. The standard InChI is InChI=1S/C12H16ClNO2/c1-8-5-10(9(2)16-8)11(15)14-7-12(6-13)3-4-12/h5H,3-4,6-7H2,1-2H3,(H,14,15). The van der Waals surface area contributed by atoms with Gasteiger partial charge in [0, 0.05) is 17.8 Å². The number of hydrogen-bond donors (Lipinski definition) is 1. The lowest BCUT2D eigenvalue weighted by atomic mass is 10.1. The Morgan fingerprint density at radius 1 is 1.56 bits per heavy atom. The number of furan rings is 1. The van der Waals surface area contributed by atoms with Crippen molar-refractivity contribution in [3.63, 3.8) is 0 Å². The predicted octanol–water partition coefficient (Wildman–Crippen LogP) is 2.65. The van der Waals surface area contributed by atoms with E-state index in [0.29, 0.717) is 23.7 Å². The molecule has 1 N–H and O–H groups in total. The third kappa shape index (κ3) is 2.24. The summed E-state index contributed by atoms with van der Waals surface area (Å²) in [5.74, 6) is 1.99. The summed E-state index contributed by atoms with van der Waals surface area (Å²) in [7, 11) is 0. The van der Waals surface area contributed by atoms with Crippen molar-refractivity contribution in [2.45, 2.75) is 26.7 Å². The number of alkyl halides is 1. The van der Waals surface area contributed by atoms with E-state index in [-0.39, 0.29) is 11.3 Å². The first-order chi connectivity index (χ1) is 7.56. The first-order valence-electron chi connectivity index (χ1n) is 5.47. The monoisotopic (exact) mass is 241 g/mol. The summed E-state index contributed by atoms with van der Waals surface area (Å²) in [5, 5.41) is 2.92. The van der Waals surface area contributed by atoms with Crippen molar-refractivity contribution in [1.82, 2.24) is 5.32 Å². The molecule has 3 nitrogen and oxygen atoms in total. The molecule has 0 radical (unpaired) electrons. The molecule has 88 valence electrons. The molecule has 0 aliphatic heterocycles. The SMILES string of the molecule is Cc1cc(C(=O)NCC2(CCl)CC2)c(C)o1. The van der Waals surface area contributed by atoms with Crippen LogP contribution in [-0.4, -0.2) is 18.3 Å². The molecule has 16 heavy (non-hydrogen) atoms. The van der Waals surface area contributed by atoms with Crippen LogP contribution in [0.25, 0.3) is 0 Å². The summed E-state index contributed by atoms with van der Waals surface area (Å²) < 4.78 is 5.32. The summed E-state index contributed by atoms with van der Waals surface area (Å²) in [6.07, 6.45) is 2.22. The van der Waals surface area contributed by atoms with Crippen molar-refractivity contribution in [1.29, 1.82) is 0 Å². The summed E-state index contributed by atoms with van der Waals surface area (Å²) in [4.78, 5) is 11.9. The average Bonchev–Trinajstić information content (AvgIpc) is 2.96. The minimum Gasteiger partial charge on any atom is -0.466 e. The Balaban J connectivity index is 1.96. The second-order valence-corrected chi connectivity index (χ2v) is 4.91. The molecule has 0 unspecified atom stereocenters. The van der Waals surface area contributed by atoms with E-state index in [0.717, 1.165) is 18.6 Å². The lowest BCUT2D eigenvalue weighted by Crippen LogP contribution is -2.31. The Hall–Kier alpha value is -0.960. The van der Waals surface area contributed by atoms with E-state index in [1.807, 2.05) is 6.92 Å². The van der Waals surface area contributed by atoms with Crippen LogP contribution in [0.2, 0.25) is 0 Å². The highest BCUT2D eigenvalue weighted by Gasteiger charge is 2.41. The number of hydrogen-bond acceptors (Lipinski definition) is 2. The van der Waals surface area contributed by atoms with Gasteiger partial charge in [-0.15, -0.1) is 11.6 Å². The minimum atomic E-state index is -0.0641. The van der Waals surface area contributed by atoms with E-state index in [1.165, 1.54) is 0 Å². The van der Waals surface area contributed by atoms with Gasteiger partial charge in [-0.05, 0) is 32.8 Å². The van der Waals surface area contributed by atoms with Crippen LogP contribution in [0.15, 0.2) is 10.5 Å². The van der Waals surface area contributed by atoms with Gasteiger partial charge in [0.05, 0.1) is 5.56 Å². The van der Waals surface area contributed by atoms with Crippen LogP contribution in [0.1, 0.15) is 34.7 Å². The molecule has 2 rings (SSSR count). The zero-order valence-electron chi connectivity index (χ0n) is 9.60. The number of carbonyl (C=O) groups excluding carboxylic acids is 1. The van der Waals surface area contributed by atoms with Gasteiger partial charge in [-0.2, -0.15) is 0 Å². The van der Waals surface area contributed by atoms with Crippen LogP contribution in [0.4, 0.5) is 0 Å². The second kappa shape index (κ2) is 4.13. The van der Waals surface area contributed by atoms with E-state index in [9.17, 15) is 4.79 Å². The Morgan fingerprint density at radius 2 is 2.25 bits per heavy atom. The molecule has 1 aliphatic rings. The number of nitrogens with one attached hydrogen (secondary N) is 1. The van der Waals surface area contributed by atoms with Gasteiger partial charge in [0.2, 0.25) is 0 Å². The molecule has 4 heteroatoms. The molecule has 1 aliphatic carbocycles. The summed E-state index contributed by atoms with van der Waals surface area (Å²) >= 11 is 5.85. The lowest BCUT2D eigenvalue weighted by Gasteiger charge is -2.11. The molecule has 0 aromatic carbocycles. The number of halogens is 1. The van der Waals surface area contributed by atoms with Crippen molar-refractivity contribution < 1.29 is 9.21 Å². The van der Waals surface area contributed by atoms with Gasteiger partial charge in [-0.25, -0.2) is 0 Å². The number of aryl methyl sites for hydroxylation is 2. The molecular weight excluding hydrogens is 226 g/mol. The van der Waals surface area contributed by atoms with Crippen molar-refractivity contribution in [3.8, 4) is 0 Å². The fourth-order valence-corrected chi connectivity index (χ4v) is 2.12. The normalized spacial score (nSPS) is 17.2. The topological polar surface area (TPSA) is 42.2 Å². The van der Waals surface area contributed by atoms with Crippen LogP contribution in [-0.2, 0) is 0 Å². The van der Waals surface area contributed by atoms with Crippen LogP contribution >= 0.6 is 11.6 Å². The molecule has 0 bridgehead atoms. The van der Waals surface area contributed by atoms with Gasteiger partial charge >= 0.3 is 0 Å². The zero-order valence-corrected chi connectivity index (χ0v) is 10.4. The molecule has 1 aromatic rings. The van der Waals surface area contributed by atoms with E-state index < -0.39 is 0 Å². The van der Waals surface area contributed by atoms with Gasteiger partial charge in [-0.3, -0.25) is 4.79 Å². The van der Waals surface area contributed by atoms with Gasteiger partial charge in [0.25, 0.3) is 5.91 Å². The molecule has 0 atom stereocenters. The maximum Gasteiger partial charge on any atom is 0.254 e. The highest BCUT2D eigenvalue weighted by atomic mass is 35.5. The van der Waals surface area contributed by atoms with Crippen LogP contribution in [0.3, 0.4) is 0 Å². The Bertz CT molecular complexity index is 407. The van der Waals surface area contributed by atoms with Crippen LogP contribution in [0.5, 0.6) is 0 Å². The van der Waals surface area contributed by atoms with E-state index in [1.54, 1.807) is 13.0 Å². The van der Waals surface area contributed by atoms with Gasteiger partial charge in [0.1, 0.15) is 11.5 Å². The molecule has 1 heterocycles. The Kier molecular flexibility index (Phi) is 2.98. The maximum atomic E-state index is 11.9. The third-order valence-corrected chi connectivity index (χ3v) is 3.72. The van der Waals surface area contributed by atoms with E-state index in [2.05, 4.69) is 5.32 Å². The fourth-order valence-electron chi connectivity index (χ4n) is 1.75. The summed E-state index contributed by atoms with van der Waals surface area (Å²) in [6, 6.07) is 1.77. The summed E-state index contributed by atoms with van der Waals surface area (Å²) in [5.41, 5.74) is 0.784. The predicted molar refractivity (Wildman–Crippen MR) is 62.9 cm³/mol. The Morgan fingerprint density at radius 3 is 2.69 bits per heavy atom. The van der Waals surface area contributed by atoms with E-state index in [4.69, 9.17) is 16.0 Å². The molecule has 1 amide bonds. The van der Waals surface area contributed by atoms with Crippen molar-refractivity contribution in [2.75, 3.05) is 12.4 Å². The largest absolute Gasteiger partial charge is 0.466 e. The minimum absolute atomic E-state index is 0.0641. The van der Waals surface area contributed by atoms with Gasteiger partial charge in [0.15, 0.2) is 0 Å². The smallest absolute Gasteiger partial charge is 0.254 e. The third-order valence-electron chi connectivity index (χ3n) is 3.15. The van der Waals surface area contributed by atoms with Crippen molar-refractivity contribution >= 4 is 17.5 Å². The molecular formula is C12H16ClNO2. The number of amides is 1. The van der Waals surface area contributed by atoms with Crippen molar-refractivity contribution in [2.24, 2.45) is 5.41 Å². The fraction of sp³-hybridized carbons (Fsp3) is 0.583. The molecule has 1 aromatic heterocycles.